The molecule has 1 saturated heterocycles. The van der Waals surface area contributed by atoms with E-state index in [1.807, 2.05) is 37.8 Å². The van der Waals surface area contributed by atoms with Crippen molar-refractivity contribution in [2.24, 2.45) is 5.10 Å². The van der Waals surface area contributed by atoms with Crippen LogP contribution in [0.4, 0.5) is 5.69 Å². The van der Waals surface area contributed by atoms with Gasteiger partial charge in [0.05, 0.1) is 5.69 Å². The van der Waals surface area contributed by atoms with Crippen molar-refractivity contribution in [2.45, 2.75) is 59.1 Å². The van der Waals surface area contributed by atoms with Gasteiger partial charge in [0.25, 0.3) is 5.91 Å². The third kappa shape index (κ3) is 3.48. The maximum atomic E-state index is 12.1. The molecular weight excluding hydrogens is 344 g/mol. The first kappa shape index (κ1) is 19.5. The zero-order valence-corrected chi connectivity index (χ0v) is 17.0. The number of benzene rings is 1. The molecule has 7 heteroatoms. The minimum atomic E-state index is -0.339. The number of amides is 1. The number of amidine groups is 1. The quantitative estimate of drug-likeness (QED) is 0.851. The largest absolute Gasteiger partial charge is 0.485 e. The molecule has 3 aliphatic heterocycles. The maximum absolute atomic E-state index is 12.1. The molecule has 3 heterocycles. The van der Waals surface area contributed by atoms with Gasteiger partial charge in [-0.3, -0.25) is 4.79 Å². The number of nitrogens with zero attached hydrogens (tertiary/aromatic N) is 2. The highest BCUT2D eigenvalue weighted by Gasteiger charge is 2.38. The Balaban J connectivity index is 0.00000102. The van der Waals surface area contributed by atoms with Gasteiger partial charge < -0.3 is 19.7 Å². The van der Waals surface area contributed by atoms with Crippen molar-refractivity contribution in [3.05, 3.63) is 17.7 Å². The second-order valence-corrected chi connectivity index (χ2v) is 7.51. The number of carbonyl (C=O) groups is 1. The predicted octanol–water partition coefficient (Wildman–Crippen LogP) is 2.61. The predicted molar refractivity (Wildman–Crippen MR) is 107 cm³/mol. The van der Waals surface area contributed by atoms with Crippen LogP contribution in [0, 0.1) is 0 Å². The number of hydrazone groups is 1. The van der Waals surface area contributed by atoms with E-state index in [1.54, 1.807) is 0 Å². The van der Waals surface area contributed by atoms with Crippen molar-refractivity contribution in [3.8, 4) is 11.5 Å². The van der Waals surface area contributed by atoms with E-state index < -0.39 is 0 Å². The summed E-state index contributed by atoms with van der Waals surface area (Å²) < 4.78 is 12.3. The molecule has 1 aromatic carbocycles. The lowest BCUT2D eigenvalue weighted by molar-refractivity contribution is -0.122. The number of carbonyl (C=O) groups excluding carboxylic acids is 1. The van der Waals surface area contributed by atoms with Crippen LogP contribution < -0.4 is 25.1 Å². The zero-order valence-electron chi connectivity index (χ0n) is 17.0. The Morgan fingerprint density at radius 1 is 1.33 bits per heavy atom. The van der Waals surface area contributed by atoms with Gasteiger partial charge in [-0.15, -0.1) is 0 Å². The Hall–Kier alpha value is -2.28. The Labute approximate surface area is 161 Å². The van der Waals surface area contributed by atoms with Gasteiger partial charge in [-0.25, -0.2) is 5.43 Å². The van der Waals surface area contributed by atoms with Crippen LogP contribution in [0.1, 0.15) is 53.0 Å². The molecule has 1 fully saturated rings. The molecule has 1 atom stereocenters. The average molecular weight is 374 g/mol. The summed E-state index contributed by atoms with van der Waals surface area (Å²) in [5.74, 6) is 2.51. The third-order valence-electron chi connectivity index (χ3n) is 5.02. The number of fused-ring (bicyclic) bond motifs is 3. The van der Waals surface area contributed by atoms with E-state index in [9.17, 15) is 4.79 Å². The summed E-state index contributed by atoms with van der Waals surface area (Å²) in [5.41, 5.74) is 4.30. The van der Waals surface area contributed by atoms with E-state index in [2.05, 4.69) is 36.6 Å². The summed E-state index contributed by atoms with van der Waals surface area (Å²) in [4.78, 5) is 14.0. The molecule has 0 aliphatic carbocycles. The molecule has 3 aliphatic rings. The molecule has 1 unspecified atom stereocenters. The summed E-state index contributed by atoms with van der Waals surface area (Å²) >= 11 is 0. The van der Waals surface area contributed by atoms with Gasteiger partial charge in [-0.05, 0) is 25.8 Å². The van der Waals surface area contributed by atoms with Gasteiger partial charge in [0, 0.05) is 24.7 Å². The van der Waals surface area contributed by atoms with E-state index in [-0.39, 0.29) is 17.6 Å². The molecule has 2 N–H and O–H groups in total. The molecular formula is C20H30N4O3. The van der Waals surface area contributed by atoms with Crippen molar-refractivity contribution < 1.29 is 14.3 Å². The fraction of sp³-hybridized carbons (Fsp3) is 0.600. The lowest BCUT2D eigenvalue weighted by atomic mass is 9.97. The van der Waals surface area contributed by atoms with Crippen LogP contribution in [0.25, 0.3) is 0 Å². The van der Waals surface area contributed by atoms with E-state index >= 15 is 0 Å². The highest BCUT2D eigenvalue weighted by Crippen LogP contribution is 2.43. The van der Waals surface area contributed by atoms with Crippen LogP contribution >= 0.6 is 0 Å². The fourth-order valence-corrected chi connectivity index (χ4v) is 3.42. The minimum Gasteiger partial charge on any atom is -0.485 e. The molecule has 0 radical (unpaired) electrons. The smallest absolute Gasteiger partial charge is 0.262 e. The molecule has 0 aromatic heterocycles. The number of ether oxygens (including phenoxy) is 2. The van der Waals surface area contributed by atoms with E-state index in [0.29, 0.717) is 18.4 Å². The monoisotopic (exact) mass is 374 g/mol. The summed E-state index contributed by atoms with van der Waals surface area (Å²) in [6, 6.07) is 3.70. The lowest BCUT2D eigenvalue weighted by Gasteiger charge is -2.42. The molecule has 7 nitrogen and oxygen atoms in total. The van der Waals surface area contributed by atoms with E-state index in [4.69, 9.17) is 9.47 Å². The highest BCUT2D eigenvalue weighted by atomic mass is 16.5. The summed E-state index contributed by atoms with van der Waals surface area (Å²) in [6.07, 6.45) is 0. The van der Waals surface area contributed by atoms with Crippen molar-refractivity contribution >= 4 is 17.4 Å². The van der Waals surface area contributed by atoms with Crippen molar-refractivity contribution in [2.75, 3.05) is 24.6 Å². The van der Waals surface area contributed by atoms with Crippen LogP contribution in [0.2, 0.25) is 0 Å². The molecule has 4 rings (SSSR count). The van der Waals surface area contributed by atoms with Gasteiger partial charge in [-0.1, -0.05) is 27.7 Å². The van der Waals surface area contributed by atoms with Crippen LogP contribution in [0.5, 0.6) is 11.5 Å². The van der Waals surface area contributed by atoms with Crippen molar-refractivity contribution in [1.29, 1.82) is 0 Å². The lowest BCUT2D eigenvalue weighted by Crippen LogP contribution is -2.61. The second-order valence-electron chi connectivity index (χ2n) is 7.51. The first-order chi connectivity index (χ1) is 12.9. The van der Waals surface area contributed by atoms with Crippen LogP contribution in [0.3, 0.4) is 0 Å². The topological polar surface area (TPSA) is 75.2 Å². The molecule has 0 bridgehead atoms. The number of hydrogen-bond acceptors (Lipinski definition) is 6. The number of anilines is 1. The molecule has 148 valence electrons. The Morgan fingerprint density at radius 2 is 2.04 bits per heavy atom. The van der Waals surface area contributed by atoms with Gasteiger partial charge >= 0.3 is 0 Å². The normalized spacial score (nSPS) is 22.2. The Morgan fingerprint density at radius 3 is 2.63 bits per heavy atom. The van der Waals surface area contributed by atoms with E-state index in [0.717, 1.165) is 35.8 Å². The Bertz CT molecular complexity index is 756. The summed E-state index contributed by atoms with van der Waals surface area (Å²) in [6.45, 7) is 14.3. The SMILES string of the molecule is CC.CC(C)c1cc2c(cc1OC1(C)CNC1)N1C(=NNC(=O)C1C)CO2. The molecule has 0 saturated carbocycles. The van der Waals surface area contributed by atoms with Crippen molar-refractivity contribution in [3.63, 3.8) is 0 Å². The average Bonchev–Trinajstić information content (AvgIpc) is 2.64. The number of rotatable bonds is 3. The Kier molecular flexibility index (Phi) is 5.33. The number of hydrogen-bond donors (Lipinski definition) is 2. The molecule has 1 aromatic rings. The highest BCUT2D eigenvalue weighted by molar-refractivity contribution is 6.09. The van der Waals surface area contributed by atoms with E-state index in [1.165, 1.54) is 0 Å². The molecule has 0 spiro atoms. The summed E-state index contributed by atoms with van der Waals surface area (Å²) in [5, 5.41) is 7.40. The van der Waals surface area contributed by atoms with Gasteiger partial charge in [-0.2, -0.15) is 5.10 Å². The first-order valence-electron chi connectivity index (χ1n) is 9.74. The third-order valence-corrected chi connectivity index (χ3v) is 5.02. The van der Waals surface area contributed by atoms with Gasteiger partial charge in [0.15, 0.2) is 5.84 Å². The first-order valence-corrected chi connectivity index (χ1v) is 9.74. The van der Waals surface area contributed by atoms with Crippen LogP contribution in [0.15, 0.2) is 17.2 Å². The molecule has 1 amide bonds. The minimum absolute atomic E-state index is 0.123. The van der Waals surface area contributed by atoms with Crippen LogP contribution in [-0.4, -0.2) is 43.1 Å². The second kappa shape index (κ2) is 7.38. The molecule has 27 heavy (non-hydrogen) atoms. The maximum Gasteiger partial charge on any atom is 0.262 e. The fourth-order valence-electron chi connectivity index (χ4n) is 3.42. The van der Waals surface area contributed by atoms with Gasteiger partial charge in [0.1, 0.15) is 29.7 Å². The van der Waals surface area contributed by atoms with Crippen molar-refractivity contribution in [1.82, 2.24) is 10.7 Å². The zero-order chi connectivity index (χ0) is 19.8. The van der Waals surface area contributed by atoms with Gasteiger partial charge in [0.2, 0.25) is 0 Å². The summed E-state index contributed by atoms with van der Waals surface area (Å²) in [7, 11) is 0. The number of nitrogens with one attached hydrogen (secondary N) is 2. The standard InChI is InChI=1S/C18H24N4O3.C2H6/c1-10(2)12-5-15-13(6-14(12)25-18(4)8-19-9-18)22-11(3)17(23)21-20-16(22)7-24-15;1-2/h5-6,10-11,19H,7-9H2,1-4H3,(H,21,23);1-2H3. The van der Waals surface area contributed by atoms with Crippen LogP contribution in [-0.2, 0) is 4.79 Å².